The molecular weight excluding hydrogens is 508 g/mol. The molecule has 2 amide bonds. The lowest BCUT2D eigenvalue weighted by Crippen LogP contribution is -2.52. The van der Waals surface area contributed by atoms with Gasteiger partial charge in [0.1, 0.15) is 17.9 Å². The third-order valence-electron chi connectivity index (χ3n) is 5.40. The number of carbonyl (C=O) groups is 4. The quantitative estimate of drug-likeness (QED) is 0.192. The molecule has 8 nitrogen and oxygen atoms in total. The highest BCUT2D eigenvalue weighted by Gasteiger charge is 2.31. The van der Waals surface area contributed by atoms with Crippen molar-refractivity contribution in [2.75, 3.05) is 7.11 Å². The van der Waals surface area contributed by atoms with Crippen molar-refractivity contribution >= 4 is 35.2 Å². The van der Waals surface area contributed by atoms with Crippen molar-refractivity contribution in [1.29, 1.82) is 0 Å². The maximum absolute atomic E-state index is 12.7. The molecule has 0 radical (unpaired) electrons. The summed E-state index contributed by atoms with van der Waals surface area (Å²) in [6.45, 7) is 9.14. The van der Waals surface area contributed by atoms with Gasteiger partial charge in [-0.25, -0.2) is 4.79 Å². The molecule has 1 aliphatic rings. The summed E-state index contributed by atoms with van der Waals surface area (Å²) in [7, 11) is 1.43. The van der Waals surface area contributed by atoms with E-state index >= 15 is 0 Å². The average Bonchev–Trinajstić information content (AvgIpc) is 2.84. The summed E-state index contributed by atoms with van der Waals surface area (Å²) in [6, 6.07) is -0.793. The van der Waals surface area contributed by atoms with Gasteiger partial charge in [-0.05, 0) is 25.3 Å². The van der Waals surface area contributed by atoms with Gasteiger partial charge in [-0.1, -0.05) is 74.4 Å². The van der Waals surface area contributed by atoms with Gasteiger partial charge < -0.3 is 20.1 Å². The van der Waals surface area contributed by atoms with Gasteiger partial charge in [-0.15, -0.1) is 0 Å². The number of methoxy groups -OCH3 is 1. The van der Waals surface area contributed by atoms with Gasteiger partial charge in [0.05, 0.1) is 7.11 Å². The molecule has 9 heteroatoms. The zero-order valence-electron chi connectivity index (χ0n) is 23.0. The minimum absolute atomic E-state index is 0.0327. The first-order chi connectivity index (χ1) is 17.8. The van der Waals surface area contributed by atoms with E-state index in [0.717, 1.165) is 5.57 Å². The van der Waals surface area contributed by atoms with Crippen LogP contribution in [0.25, 0.3) is 0 Å². The first-order valence-corrected chi connectivity index (χ1v) is 12.8. The van der Waals surface area contributed by atoms with Crippen LogP contribution in [-0.4, -0.2) is 42.8 Å². The van der Waals surface area contributed by atoms with Crippen LogP contribution in [0.4, 0.5) is 0 Å². The minimum atomic E-state index is -0.793. The number of hydrogen-bond donors (Lipinski definition) is 2. The van der Waals surface area contributed by atoms with Crippen LogP contribution in [0.5, 0.6) is 0 Å². The summed E-state index contributed by atoms with van der Waals surface area (Å²) in [4.78, 5) is 48.6. The van der Waals surface area contributed by atoms with Crippen molar-refractivity contribution in [3.8, 4) is 0 Å². The van der Waals surface area contributed by atoms with E-state index in [2.05, 4.69) is 10.6 Å². The molecule has 208 valence electrons. The molecule has 2 atom stereocenters. The molecule has 0 bridgehead atoms. The third kappa shape index (κ3) is 13.2. The topological polar surface area (TPSA) is 111 Å². The highest BCUT2D eigenvalue weighted by atomic mass is 35.5. The molecule has 2 N–H and O–H groups in total. The average molecular weight is 547 g/mol. The summed E-state index contributed by atoms with van der Waals surface area (Å²) in [5.74, 6) is -1.06. The van der Waals surface area contributed by atoms with Crippen molar-refractivity contribution in [3.63, 3.8) is 0 Å². The van der Waals surface area contributed by atoms with Gasteiger partial charge >= 0.3 is 5.97 Å². The molecule has 1 heterocycles. The molecule has 0 saturated carbocycles. The Kier molecular flexibility index (Phi) is 14.1. The first kappa shape index (κ1) is 32.6. The number of nitrogens with one attached hydrogen (secondary N) is 2. The van der Waals surface area contributed by atoms with Crippen LogP contribution in [-0.2, 0) is 28.7 Å². The van der Waals surface area contributed by atoms with Crippen molar-refractivity contribution in [2.24, 2.45) is 5.41 Å². The Balaban J connectivity index is 2.58. The highest BCUT2D eigenvalue weighted by Crippen LogP contribution is 2.20. The van der Waals surface area contributed by atoms with Crippen LogP contribution in [0.2, 0.25) is 0 Å². The fraction of sp³-hybridized carbons (Fsp3) is 0.448. The number of amides is 2. The number of ether oxygens (including phenoxy) is 2. The lowest BCUT2D eigenvalue weighted by atomic mass is 9.86. The standard InChI is InChI=1S/C29H39ClN2O6/c1-20(13-16-23-17-18-24(37-6)28(36)38-23)10-7-8-12-25(34)32-26(29(3,4)5)27(35)31-19-9-11-22(33)15-14-21(2)30/h7-10,12-14,18-19,23,26H,11,15-17H2,1-6H3,(H,31,35)(H,32,34)/b10-7-,12-8-,19-9-,20-13+,21-14+. The number of allylic oxidation sites excluding steroid dienone is 7. The minimum Gasteiger partial charge on any atom is -0.490 e. The Morgan fingerprint density at radius 1 is 1.16 bits per heavy atom. The number of esters is 1. The molecule has 0 aromatic heterocycles. The lowest BCUT2D eigenvalue weighted by Gasteiger charge is -2.29. The smallest absolute Gasteiger partial charge is 0.373 e. The highest BCUT2D eigenvalue weighted by molar-refractivity contribution is 6.29. The van der Waals surface area contributed by atoms with E-state index in [-0.39, 0.29) is 36.4 Å². The lowest BCUT2D eigenvalue weighted by molar-refractivity contribution is -0.149. The molecule has 0 aliphatic carbocycles. The maximum atomic E-state index is 12.7. The van der Waals surface area contributed by atoms with E-state index in [1.165, 1.54) is 19.4 Å². The Labute approximate surface area is 230 Å². The Bertz CT molecular complexity index is 1040. The molecule has 0 spiro atoms. The van der Waals surface area contributed by atoms with Crippen LogP contribution in [0.1, 0.15) is 60.3 Å². The van der Waals surface area contributed by atoms with E-state index in [0.29, 0.717) is 17.9 Å². The van der Waals surface area contributed by atoms with Gasteiger partial charge in [0.25, 0.3) is 0 Å². The van der Waals surface area contributed by atoms with Gasteiger partial charge in [0.2, 0.25) is 11.8 Å². The molecular formula is C29H39ClN2O6. The number of halogens is 1. The van der Waals surface area contributed by atoms with Gasteiger partial charge in [0.15, 0.2) is 5.76 Å². The largest absolute Gasteiger partial charge is 0.490 e. The van der Waals surface area contributed by atoms with Gasteiger partial charge in [-0.2, -0.15) is 0 Å². The molecule has 0 aromatic carbocycles. The second kappa shape index (κ2) is 16.5. The Morgan fingerprint density at radius 3 is 2.45 bits per heavy atom. The fourth-order valence-corrected chi connectivity index (χ4v) is 3.32. The van der Waals surface area contributed by atoms with E-state index in [4.69, 9.17) is 21.1 Å². The zero-order chi connectivity index (χ0) is 28.7. The second-order valence-electron chi connectivity index (χ2n) is 9.89. The van der Waals surface area contributed by atoms with Gasteiger partial charge in [-0.3, -0.25) is 14.4 Å². The molecule has 2 unspecified atom stereocenters. The molecule has 38 heavy (non-hydrogen) atoms. The van der Waals surface area contributed by atoms with E-state index < -0.39 is 23.3 Å². The number of hydrogen-bond acceptors (Lipinski definition) is 6. The number of ketones is 1. The zero-order valence-corrected chi connectivity index (χ0v) is 23.8. The van der Waals surface area contributed by atoms with Crippen molar-refractivity contribution < 1.29 is 28.7 Å². The molecule has 1 rings (SSSR count). The van der Waals surface area contributed by atoms with Crippen LogP contribution in [0.3, 0.4) is 0 Å². The number of rotatable bonds is 13. The van der Waals surface area contributed by atoms with E-state index in [1.807, 2.05) is 39.8 Å². The summed E-state index contributed by atoms with van der Waals surface area (Å²) < 4.78 is 10.3. The van der Waals surface area contributed by atoms with Crippen LogP contribution >= 0.6 is 11.6 Å². The SMILES string of the molecule is COC1=CCC(C/C=C(C)/C=C\C=C/C(=O)NC(C(=O)N/C=C\CC(=O)C/C=C(\C)Cl)C(C)(C)C)OC1=O. The number of carbonyl (C=O) groups excluding carboxylic acids is 4. The van der Waals surface area contributed by atoms with Crippen LogP contribution in [0, 0.1) is 5.41 Å². The maximum Gasteiger partial charge on any atom is 0.373 e. The van der Waals surface area contributed by atoms with Crippen molar-refractivity contribution in [1.82, 2.24) is 10.6 Å². The van der Waals surface area contributed by atoms with Crippen molar-refractivity contribution in [3.05, 3.63) is 71.2 Å². The predicted octanol–water partition coefficient (Wildman–Crippen LogP) is 4.93. The summed E-state index contributed by atoms with van der Waals surface area (Å²) in [5.41, 5.74) is 0.398. The Hall–Kier alpha value is -3.39. The summed E-state index contributed by atoms with van der Waals surface area (Å²) >= 11 is 5.72. The normalized spacial score (nSPS) is 17.9. The molecule has 1 aliphatic heterocycles. The third-order valence-corrected chi connectivity index (χ3v) is 5.55. The summed E-state index contributed by atoms with van der Waals surface area (Å²) in [6.07, 6.45) is 16.1. The van der Waals surface area contributed by atoms with E-state index in [9.17, 15) is 19.2 Å². The van der Waals surface area contributed by atoms with E-state index in [1.54, 1.807) is 37.3 Å². The van der Waals surface area contributed by atoms with Crippen LogP contribution < -0.4 is 10.6 Å². The molecule has 0 fully saturated rings. The second-order valence-corrected chi connectivity index (χ2v) is 10.5. The number of cyclic esters (lactones) is 1. The summed E-state index contributed by atoms with van der Waals surface area (Å²) in [5, 5.41) is 5.92. The Morgan fingerprint density at radius 2 is 1.84 bits per heavy atom. The molecule has 0 aromatic rings. The monoisotopic (exact) mass is 546 g/mol. The van der Waals surface area contributed by atoms with Gasteiger partial charge in [0, 0.05) is 43.0 Å². The number of Topliss-reactive ketones (excluding diaryl/α,β-unsaturated/α-hetero) is 1. The molecule has 0 saturated heterocycles. The fourth-order valence-electron chi connectivity index (χ4n) is 3.24. The first-order valence-electron chi connectivity index (χ1n) is 12.4. The van der Waals surface area contributed by atoms with Crippen molar-refractivity contribution in [2.45, 2.75) is 72.4 Å². The predicted molar refractivity (Wildman–Crippen MR) is 149 cm³/mol. The van der Waals surface area contributed by atoms with Crippen LogP contribution in [0.15, 0.2) is 71.2 Å².